The molecular weight excluding hydrogens is 196 g/mol. The van der Waals surface area contributed by atoms with Crippen LogP contribution in [0.15, 0.2) is 24.3 Å². The van der Waals surface area contributed by atoms with Gasteiger partial charge in [0.2, 0.25) is 0 Å². The van der Waals surface area contributed by atoms with Crippen molar-refractivity contribution in [3.05, 3.63) is 34.9 Å². The summed E-state index contributed by atoms with van der Waals surface area (Å²) in [7, 11) is 0. The summed E-state index contributed by atoms with van der Waals surface area (Å²) in [4.78, 5) is 0. The summed E-state index contributed by atoms with van der Waals surface area (Å²) < 4.78 is 0. The highest BCUT2D eigenvalue weighted by molar-refractivity contribution is 6.31. The Morgan fingerprint density at radius 3 is 2.43 bits per heavy atom. The molecule has 1 aromatic carbocycles. The zero-order valence-corrected chi connectivity index (χ0v) is 9.09. The molecule has 0 bridgehead atoms. The van der Waals surface area contributed by atoms with Crippen LogP contribution in [0.1, 0.15) is 31.7 Å². The van der Waals surface area contributed by atoms with Crippen molar-refractivity contribution in [1.82, 2.24) is 0 Å². The van der Waals surface area contributed by atoms with Gasteiger partial charge in [-0.2, -0.15) is 0 Å². The van der Waals surface area contributed by atoms with Crippen molar-refractivity contribution >= 4 is 11.6 Å². The van der Waals surface area contributed by atoms with E-state index >= 15 is 0 Å². The maximum atomic E-state index is 9.84. The molecule has 0 aromatic heterocycles. The van der Waals surface area contributed by atoms with Gasteiger partial charge in [0.05, 0.1) is 6.10 Å². The van der Waals surface area contributed by atoms with Crippen molar-refractivity contribution in [2.45, 2.75) is 37.7 Å². The number of aliphatic hydroxyl groups excluding tert-OH is 1. The summed E-state index contributed by atoms with van der Waals surface area (Å²) in [5, 5.41) is 10.6. The summed E-state index contributed by atoms with van der Waals surface area (Å²) >= 11 is 6.15. The Morgan fingerprint density at radius 2 is 2.00 bits per heavy atom. The molecule has 1 aliphatic carbocycles. The van der Waals surface area contributed by atoms with Crippen molar-refractivity contribution in [1.29, 1.82) is 0 Å². The molecule has 76 valence electrons. The molecular formula is C12H15ClO. The molecule has 0 heterocycles. The minimum atomic E-state index is -0.309. The highest BCUT2D eigenvalue weighted by atomic mass is 35.5. The van der Waals surface area contributed by atoms with Crippen LogP contribution in [-0.4, -0.2) is 11.2 Å². The van der Waals surface area contributed by atoms with Crippen molar-refractivity contribution in [3.8, 4) is 0 Å². The van der Waals surface area contributed by atoms with Crippen LogP contribution >= 0.6 is 11.6 Å². The van der Waals surface area contributed by atoms with Gasteiger partial charge in [-0.1, -0.05) is 36.2 Å². The first-order valence-electron chi connectivity index (χ1n) is 5.10. The Morgan fingerprint density at radius 1 is 1.36 bits per heavy atom. The van der Waals surface area contributed by atoms with E-state index in [0.717, 1.165) is 23.4 Å². The molecule has 1 aromatic rings. The standard InChI is InChI=1S/C12H15ClO/c1-9(14)12(7-4-8-12)10-5-2-3-6-11(10)13/h2-3,5-6,9,14H,4,7-8H2,1H3. The van der Waals surface area contributed by atoms with Crippen LogP contribution in [0.25, 0.3) is 0 Å². The fraction of sp³-hybridized carbons (Fsp3) is 0.500. The third-order valence-corrected chi connectivity index (χ3v) is 3.79. The van der Waals surface area contributed by atoms with Gasteiger partial charge in [0, 0.05) is 10.4 Å². The van der Waals surface area contributed by atoms with Crippen molar-refractivity contribution in [2.75, 3.05) is 0 Å². The second kappa shape index (κ2) is 3.56. The number of hydrogen-bond donors (Lipinski definition) is 1. The molecule has 1 unspecified atom stereocenters. The van der Waals surface area contributed by atoms with E-state index in [1.165, 1.54) is 6.42 Å². The maximum Gasteiger partial charge on any atom is 0.0609 e. The van der Waals surface area contributed by atoms with E-state index in [-0.39, 0.29) is 11.5 Å². The topological polar surface area (TPSA) is 20.2 Å². The summed E-state index contributed by atoms with van der Waals surface area (Å²) in [5.74, 6) is 0. The van der Waals surface area contributed by atoms with Crippen molar-refractivity contribution in [2.24, 2.45) is 0 Å². The second-order valence-electron chi connectivity index (χ2n) is 4.17. The Bertz CT molecular complexity index is 329. The summed E-state index contributed by atoms with van der Waals surface area (Å²) in [5.41, 5.74) is 1.04. The first kappa shape index (κ1) is 10.0. The quantitative estimate of drug-likeness (QED) is 0.795. The van der Waals surface area contributed by atoms with Crippen LogP contribution in [0.4, 0.5) is 0 Å². The van der Waals surface area contributed by atoms with Gasteiger partial charge in [0.15, 0.2) is 0 Å². The molecule has 0 radical (unpaired) electrons. The predicted octanol–water partition coefficient (Wildman–Crippen LogP) is 3.14. The molecule has 1 saturated carbocycles. The normalized spacial score (nSPS) is 21.4. The Kier molecular flexibility index (Phi) is 2.54. The van der Waals surface area contributed by atoms with Crippen LogP contribution in [0.5, 0.6) is 0 Å². The second-order valence-corrected chi connectivity index (χ2v) is 4.57. The molecule has 1 N–H and O–H groups in total. The lowest BCUT2D eigenvalue weighted by Gasteiger charge is -2.45. The van der Waals surface area contributed by atoms with Crippen LogP contribution in [0.3, 0.4) is 0 Å². The lowest BCUT2D eigenvalue weighted by atomic mass is 9.61. The highest BCUT2D eigenvalue weighted by Gasteiger charge is 2.43. The average molecular weight is 211 g/mol. The van der Waals surface area contributed by atoms with E-state index in [1.54, 1.807) is 0 Å². The Labute approximate surface area is 89.7 Å². The minimum absolute atomic E-state index is 0.0711. The van der Waals surface area contributed by atoms with E-state index in [1.807, 2.05) is 31.2 Å². The zero-order valence-electron chi connectivity index (χ0n) is 8.33. The molecule has 2 rings (SSSR count). The van der Waals surface area contributed by atoms with Crippen LogP contribution in [-0.2, 0) is 5.41 Å². The molecule has 0 amide bonds. The molecule has 0 saturated heterocycles. The molecule has 1 nitrogen and oxygen atoms in total. The fourth-order valence-electron chi connectivity index (χ4n) is 2.33. The van der Waals surface area contributed by atoms with Crippen molar-refractivity contribution in [3.63, 3.8) is 0 Å². The number of rotatable bonds is 2. The van der Waals surface area contributed by atoms with Gasteiger partial charge in [-0.25, -0.2) is 0 Å². The van der Waals surface area contributed by atoms with Gasteiger partial charge in [-0.05, 0) is 31.4 Å². The average Bonchev–Trinajstić information content (AvgIpc) is 2.05. The van der Waals surface area contributed by atoms with Gasteiger partial charge in [0.25, 0.3) is 0 Å². The molecule has 0 spiro atoms. The zero-order chi connectivity index (χ0) is 10.2. The number of hydrogen-bond acceptors (Lipinski definition) is 1. The fourth-order valence-corrected chi connectivity index (χ4v) is 2.66. The van der Waals surface area contributed by atoms with Crippen LogP contribution in [0, 0.1) is 0 Å². The Hall–Kier alpha value is -0.530. The van der Waals surface area contributed by atoms with Gasteiger partial charge in [-0.15, -0.1) is 0 Å². The van der Waals surface area contributed by atoms with Gasteiger partial charge in [-0.3, -0.25) is 0 Å². The number of halogens is 1. The van der Waals surface area contributed by atoms with Gasteiger partial charge >= 0.3 is 0 Å². The maximum absolute atomic E-state index is 9.84. The molecule has 1 atom stereocenters. The first-order chi connectivity index (χ1) is 6.67. The highest BCUT2D eigenvalue weighted by Crippen LogP contribution is 2.48. The smallest absolute Gasteiger partial charge is 0.0609 e. The van der Waals surface area contributed by atoms with E-state index in [4.69, 9.17) is 11.6 Å². The summed E-state index contributed by atoms with van der Waals surface area (Å²) in [6.45, 7) is 1.86. The molecule has 1 aliphatic rings. The molecule has 14 heavy (non-hydrogen) atoms. The predicted molar refractivity (Wildman–Crippen MR) is 58.7 cm³/mol. The molecule has 2 heteroatoms. The van der Waals surface area contributed by atoms with Gasteiger partial charge < -0.3 is 5.11 Å². The van der Waals surface area contributed by atoms with Crippen LogP contribution in [0.2, 0.25) is 5.02 Å². The van der Waals surface area contributed by atoms with E-state index in [2.05, 4.69) is 0 Å². The SMILES string of the molecule is CC(O)C1(c2ccccc2Cl)CCC1. The third kappa shape index (κ3) is 1.35. The van der Waals surface area contributed by atoms with Gasteiger partial charge in [0.1, 0.15) is 0 Å². The Balaban J connectivity index is 2.42. The van der Waals surface area contributed by atoms with E-state index in [0.29, 0.717) is 0 Å². The summed E-state index contributed by atoms with van der Waals surface area (Å²) in [6.07, 6.45) is 2.98. The number of aliphatic hydroxyl groups is 1. The monoisotopic (exact) mass is 210 g/mol. The van der Waals surface area contributed by atoms with E-state index < -0.39 is 0 Å². The lowest BCUT2D eigenvalue weighted by Crippen LogP contribution is -2.44. The van der Waals surface area contributed by atoms with Crippen LogP contribution < -0.4 is 0 Å². The van der Waals surface area contributed by atoms with Crippen molar-refractivity contribution < 1.29 is 5.11 Å². The largest absolute Gasteiger partial charge is 0.392 e. The molecule has 1 fully saturated rings. The number of benzene rings is 1. The first-order valence-corrected chi connectivity index (χ1v) is 5.48. The summed E-state index contributed by atoms with van der Waals surface area (Å²) in [6, 6.07) is 7.86. The third-order valence-electron chi connectivity index (χ3n) is 3.46. The van der Waals surface area contributed by atoms with E-state index in [9.17, 15) is 5.11 Å². The minimum Gasteiger partial charge on any atom is -0.392 e. The lowest BCUT2D eigenvalue weighted by molar-refractivity contribution is 0.0421. The molecule has 0 aliphatic heterocycles.